The molecular formula is C20H19N3O3. The van der Waals surface area contributed by atoms with Gasteiger partial charge in [0.1, 0.15) is 11.4 Å². The Hall–Kier alpha value is -3.41. The average Bonchev–Trinajstić information content (AvgIpc) is 2.69. The molecule has 3 rings (SSSR count). The summed E-state index contributed by atoms with van der Waals surface area (Å²) >= 11 is 0. The number of carbonyl (C=O) groups excluding carboxylic acids is 1. The first-order valence-electron chi connectivity index (χ1n) is 8.36. The molecule has 1 aromatic heterocycles. The SMILES string of the molecule is O=C(NCCCOc1ccccc1)c1ccc(=O)n(-c2ccccc2)n1. The second kappa shape index (κ2) is 8.62. The van der Waals surface area contributed by atoms with Gasteiger partial charge < -0.3 is 10.1 Å². The summed E-state index contributed by atoms with van der Waals surface area (Å²) in [5, 5.41) is 6.94. The third kappa shape index (κ3) is 4.57. The summed E-state index contributed by atoms with van der Waals surface area (Å²) in [7, 11) is 0. The molecule has 0 bridgehead atoms. The van der Waals surface area contributed by atoms with Crippen LogP contribution in [0.3, 0.4) is 0 Å². The van der Waals surface area contributed by atoms with Crippen LogP contribution in [0.1, 0.15) is 16.9 Å². The molecule has 0 aliphatic heterocycles. The Morgan fingerprint density at radius 3 is 2.38 bits per heavy atom. The molecule has 0 radical (unpaired) electrons. The third-order valence-electron chi connectivity index (χ3n) is 3.65. The topological polar surface area (TPSA) is 73.2 Å². The molecule has 2 aromatic carbocycles. The lowest BCUT2D eigenvalue weighted by molar-refractivity contribution is 0.0944. The quantitative estimate of drug-likeness (QED) is 0.665. The minimum absolute atomic E-state index is 0.192. The number of rotatable bonds is 7. The molecule has 0 fully saturated rings. The maximum absolute atomic E-state index is 12.2. The van der Waals surface area contributed by atoms with Crippen LogP contribution in [0.4, 0.5) is 0 Å². The summed E-state index contributed by atoms with van der Waals surface area (Å²) in [4.78, 5) is 24.2. The third-order valence-corrected chi connectivity index (χ3v) is 3.65. The molecule has 1 amide bonds. The number of nitrogens with zero attached hydrogens (tertiary/aromatic N) is 2. The van der Waals surface area contributed by atoms with Crippen molar-refractivity contribution < 1.29 is 9.53 Å². The molecular weight excluding hydrogens is 330 g/mol. The summed E-state index contributed by atoms with van der Waals surface area (Å²) < 4.78 is 6.79. The second-order valence-electron chi connectivity index (χ2n) is 5.58. The Morgan fingerprint density at radius 2 is 1.65 bits per heavy atom. The molecule has 0 aliphatic carbocycles. The van der Waals surface area contributed by atoms with Crippen molar-refractivity contribution in [1.29, 1.82) is 0 Å². The average molecular weight is 349 g/mol. The van der Waals surface area contributed by atoms with Gasteiger partial charge in [0, 0.05) is 12.6 Å². The monoisotopic (exact) mass is 349 g/mol. The molecule has 1 heterocycles. The maximum Gasteiger partial charge on any atom is 0.271 e. The molecule has 6 heteroatoms. The lowest BCUT2D eigenvalue weighted by Gasteiger charge is -2.08. The minimum atomic E-state index is -0.325. The molecule has 1 N–H and O–H groups in total. The lowest BCUT2D eigenvalue weighted by Crippen LogP contribution is -2.30. The molecule has 0 saturated heterocycles. The van der Waals surface area contributed by atoms with Crippen LogP contribution in [0.2, 0.25) is 0 Å². The van der Waals surface area contributed by atoms with Crippen LogP contribution in [0, 0.1) is 0 Å². The fourth-order valence-electron chi connectivity index (χ4n) is 2.36. The number of amides is 1. The standard InChI is InChI=1S/C20H19N3O3/c24-19-13-12-18(22-23(19)16-8-3-1-4-9-16)20(25)21-14-7-15-26-17-10-5-2-6-11-17/h1-6,8-13H,7,14-15H2,(H,21,25). The van der Waals surface area contributed by atoms with E-state index in [1.54, 1.807) is 12.1 Å². The normalized spacial score (nSPS) is 10.3. The van der Waals surface area contributed by atoms with E-state index in [1.165, 1.54) is 16.8 Å². The van der Waals surface area contributed by atoms with Gasteiger partial charge in [0.15, 0.2) is 0 Å². The van der Waals surface area contributed by atoms with Crippen molar-refractivity contribution in [3.05, 3.63) is 88.8 Å². The van der Waals surface area contributed by atoms with Crippen molar-refractivity contribution in [2.75, 3.05) is 13.2 Å². The van der Waals surface area contributed by atoms with Gasteiger partial charge in [-0.3, -0.25) is 9.59 Å². The molecule has 0 spiro atoms. The summed E-state index contributed by atoms with van der Waals surface area (Å²) in [6.45, 7) is 0.957. The minimum Gasteiger partial charge on any atom is -0.494 e. The Kier molecular flexibility index (Phi) is 5.77. The van der Waals surface area contributed by atoms with Crippen molar-refractivity contribution >= 4 is 5.91 Å². The van der Waals surface area contributed by atoms with Crippen LogP contribution in [0.25, 0.3) is 5.69 Å². The highest BCUT2D eigenvalue weighted by Gasteiger charge is 2.10. The van der Waals surface area contributed by atoms with Crippen LogP contribution < -0.4 is 15.6 Å². The second-order valence-corrected chi connectivity index (χ2v) is 5.58. The highest BCUT2D eigenvalue weighted by molar-refractivity contribution is 5.92. The van der Waals surface area contributed by atoms with E-state index < -0.39 is 0 Å². The van der Waals surface area contributed by atoms with E-state index in [4.69, 9.17) is 4.74 Å². The van der Waals surface area contributed by atoms with Crippen molar-refractivity contribution in [3.8, 4) is 11.4 Å². The Bertz CT molecular complexity index is 908. The predicted molar refractivity (Wildman–Crippen MR) is 98.7 cm³/mol. The first-order chi connectivity index (χ1) is 12.7. The van der Waals surface area contributed by atoms with Crippen LogP contribution >= 0.6 is 0 Å². The number of hydrogen-bond donors (Lipinski definition) is 1. The fraction of sp³-hybridized carbons (Fsp3) is 0.150. The Balaban J connectivity index is 1.54. The number of para-hydroxylation sites is 2. The van der Waals surface area contributed by atoms with Gasteiger partial charge in [-0.25, -0.2) is 0 Å². The molecule has 0 aliphatic rings. The van der Waals surface area contributed by atoms with Crippen LogP contribution in [0.5, 0.6) is 5.75 Å². The fourth-order valence-corrected chi connectivity index (χ4v) is 2.36. The van der Waals surface area contributed by atoms with Gasteiger partial charge in [-0.1, -0.05) is 36.4 Å². The van der Waals surface area contributed by atoms with Crippen molar-refractivity contribution in [2.24, 2.45) is 0 Å². The van der Waals surface area contributed by atoms with Crippen LogP contribution in [0.15, 0.2) is 77.6 Å². The van der Waals surface area contributed by atoms with Crippen LogP contribution in [-0.2, 0) is 0 Å². The number of aromatic nitrogens is 2. The Morgan fingerprint density at radius 1 is 0.962 bits per heavy atom. The smallest absolute Gasteiger partial charge is 0.271 e. The van der Waals surface area contributed by atoms with E-state index in [-0.39, 0.29) is 17.2 Å². The summed E-state index contributed by atoms with van der Waals surface area (Å²) in [6, 6.07) is 21.3. The Labute approximate surface area is 151 Å². The number of benzene rings is 2. The molecule has 0 saturated carbocycles. The molecule has 6 nitrogen and oxygen atoms in total. The largest absolute Gasteiger partial charge is 0.494 e. The van der Waals surface area contributed by atoms with Gasteiger partial charge in [-0.2, -0.15) is 9.78 Å². The molecule has 3 aromatic rings. The summed E-state index contributed by atoms with van der Waals surface area (Å²) in [5.74, 6) is 0.477. The van der Waals surface area contributed by atoms with E-state index in [9.17, 15) is 9.59 Å². The highest BCUT2D eigenvalue weighted by atomic mass is 16.5. The van der Waals surface area contributed by atoms with E-state index >= 15 is 0 Å². The van der Waals surface area contributed by atoms with E-state index in [0.717, 1.165) is 5.75 Å². The van der Waals surface area contributed by atoms with E-state index in [2.05, 4.69) is 10.4 Å². The van der Waals surface area contributed by atoms with Crippen molar-refractivity contribution in [3.63, 3.8) is 0 Å². The number of nitrogens with one attached hydrogen (secondary N) is 1. The van der Waals surface area contributed by atoms with E-state index in [1.807, 2.05) is 48.5 Å². The summed E-state index contributed by atoms with van der Waals surface area (Å²) in [6.07, 6.45) is 0.666. The molecule has 0 atom stereocenters. The van der Waals surface area contributed by atoms with E-state index in [0.29, 0.717) is 25.3 Å². The van der Waals surface area contributed by atoms with Gasteiger partial charge in [0.05, 0.1) is 12.3 Å². The summed E-state index contributed by atoms with van der Waals surface area (Å²) in [5.41, 5.74) is 0.518. The van der Waals surface area contributed by atoms with Gasteiger partial charge in [-0.05, 0) is 36.8 Å². The van der Waals surface area contributed by atoms with Crippen molar-refractivity contribution in [1.82, 2.24) is 15.1 Å². The van der Waals surface area contributed by atoms with Gasteiger partial charge in [0.2, 0.25) is 0 Å². The predicted octanol–water partition coefficient (Wildman–Crippen LogP) is 2.43. The zero-order valence-electron chi connectivity index (χ0n) is 14.2. The maximum atomic E-state index is 12.2. The van der Waals surface area contributed by atoms with Crippen LogP contribution in [-0.4, -0.2) is 28.8 Å². The van der Waals surface area contributed by atoms with Crippen molar-refractivity contribution in [2.45, 2.75) is 6.42 Å². The zero-order valence-corrected chi connectivity index (χ0v) is 14.2. The zero-order chi connectivity index (χ0) is 18.2. The highest BCUT2D eigenvalue weighted by Crippen LogP contribution is 2.08. The first kappa shape index (κ1) is 17.4. The molecule has 26 heavy (non-hydrogen) atoms. The van der Waals surface area contributed by atoms with Gasteiger partial charge >= 0.3 is 0 Å². The number of carbonyl (C=O) groups is 1. The van der Waals surface area contributed by atoms with Gasteiger partial charge in [0.25, 0.3) is 11.5 Å². The lowest BCUT2D eigenvalue weighted by atomic mass is 10.3. The molecule has 132 valence electrons. The number of hydrogen-bond acceptors (Lipinski definition) is 4. The first-order valence-corrected chi connectivity index (χ1v) is 8.36. The number of ether oxygens (including phenoxy) is 1. The molecule has 0 unspecified atom stereocenters. The van der Waals surface area contributed by atoms with Gasteiger partial charge in [-0.15, -0.1) is 0 Å².